The number of para-hydroxylation sites is 1. The Hall–Kier alpha value is -3.13. The van der Waals surface area contributed by atoms with Crippen LogP contribution >= 0.6 is 0 Å². The molecule has 3 N–H and O–H groups in total. The van der Waals surface area contributed by atoms with Crippen LogP contribution in [0, 0.1) is 0 Å². The Bertz CT molecular complexity index is 995. The highest BCUT2D eigenvalue weighted by molar-refractivity contribution is 5.42. The molecule has 3 aromatic rings. The van der Waals surface area contributed by atoms with Gasteiger partial charge in [-0.25, -0.2) is 9.48 Å². The number of hydrogen-bond donors (Lipinski definition) is 3. The molecule has 4 rings (SSSR count). The first-order valence-corrected chi connectivity index (χ1v) is 9.04. The molecule has 3 heterocycles. The minimum Gasteiger partial charge on any atom is -0.356 e. The van der Waals surface area contributed by atoms with Crippen LogP contribution < -0.4 is 21.5 Å². The second-order valence-corrected chi connectivity index (χ2v) is 6.80. The highest BCUT2D eigenvalue weighted by atomic mass is 16.2. The van der Waals surface area contributed by atoms with Crippen molar-refractivity contribution in [1.29, 1.82) is 0 Å². The minimum atomic E-state index is -0.476. The lowest BCUT2D eigenvalue weighted by molar-refractivity contribution is 0.479. The first-order valence-electron chi connectivity index (χ1n) is 9.04. The van der Waals surface area contributed by atoms with Crippen molar-refractivity contribution in [2.24, 2.45) is 0 Å². The maximum atomic E-state index is 11.5. The maximum absolute atomic E-state index is 11.5. The average Bonchev–Trinajstić information content (AvgIpc) is 3.33. The van der Waals surface area contributed by atoms with E-state index < -0.39 is 5.69 Å². The fourth-order valence-corrected chi connectivity index (χ4v) is 3.66. The van der Waals surface area contributed by atoms with E-state index in [-0.39, 0.29) is 17.6 Å². The lowest BCUT2D eigenvalue weighted by Gasteiger charge is -2.23. The molecule has 0 radical (unpaired) electrons. The van der Waals surface area contributed by atoms with E-state index in [1.54, 1.807) is 6.20 Å². The SMILES string of the molecule is CC(N[C@H]1CCN(c2cc(=O)[nH]c(=O)[nH]2)C1)c1ccccc1-n1cccn1. The fraction of sp³-hybridized carbons (Fsp3) is 0.316. The Morgan fingerprint density at radius 1 is 1.22 bits per heavy atom. The van der Waals surface area contributed by atoms with Crippen molar-refractivity contribution in [1.82, 2.24) is 25.1 Å². The summed E-state index contributed by atoms with van der Waals surface area (Å²) in [6, 6.07) is 11.9. The molecule has 1 aromatic carbocycles. The third-order valence-corrected chi connectivity index (χ3v) is 4.92. The van der Waals surface area contributed by atoms with Gasteiger partial charge in [-0.1, -0.05) is 18.2 Å². The summed E-state index contributed by atoms with van der Waals surface area (Å²) in [5.74, 6) is 0.567. The molecule has 0 spiro atoms. The molecule has 1 aliphatic heterocycles. The predicted octanol–water partition coefficient (Wildman–Crippen LogP) is 1.18. The summed E-state index contributed by atoms with van der Waals surface area (Å²) in [6.07, 6.45) is 4.64. The highest BCUT2D eigenvalue weighted by Gasteiger charge is 2.25. The van der Waals surface area contributed by atoms with E-state index in [9.17, 15) is 9.59 Å². The van der Waals surface area contributed by atoms with Crippen molar-refractivity contribution in [2.75, 3.05) is 18.0 Å². The van der Waals surface area contributed by atoms with E-state index in [4.69, 9.17) is 0 Å². The van der Waals surface area contributed by atoms with Crippen LogP contribution in [-0.4, -0.2) is 38.9 Å². The Balaban J connectivity index is 1.48. The van der Waals surface area contributed by atoms with Crippen molar-refractivity contribution >= 4 is 5.82 Å². The lowest BCUT2D eigenvalue weighted by Crippen LogP contribution is -2.36. The van der Waals surface area contributed by atoms with Crippen LogP contribution in [0.5, 0.6) is 0 Å². The summed E-state index contributed by atoms with van der Waals surface area (Å²) >= 11 is 0. The molecule has 1 unspecified atom stereocenters. The summed E-state index contributed by atoms with van der Waals surface area (Å²) in [5, 5.41) is 8.01. The molecule has 0 amide bonds. The monoisotopic (exact) mass is 366 g/mol. The van der Waals surface area contributed by atoms with Gasteiger partial charge in [0.2, 0.25) is 0 Å². The molecule has 8 nitrogen and oxygen atoms in total. The zero-order chi connectivity index (χ0) is 18.8. The van der Waals surface area contributed by atoms with Gasteiger partial charge in [0.15, 0.2) is 0 Å². The number of nitrogens with zero attached hydrogens (tertiary/aromatic N) is 3. The zero-order valence-electron chi connectivity index (χ0n) is 15.1. The van der Waals surface area contributed by atoms with Gasteiger partial charge >= 0.3 is 5.69 Å². The van der Waals surface area contributed by atoms with Gasteiger partial charge in [-0.05, 0) is 31.0 Å². The first-order chi connectivity index (χ1) is 13.1. The number of aromatic amines is 2. The molecule has 0 saturated carbocycles. The fourth-order valence-electron chi connectivity index (χ4n) is 3.66. The molecule has 2 aromatic heterocycles. The summed E-state index contributed by atoms with van der Waals surface area (Å²) < 4.78 is 1.87. The Morgan fingerprint density at radius 3 is 2.85 bits per heavy atom. The standard InChI is InChI=1S/C19H22N6O2/c1-13(15-5-2-3-6-16(15)25-9-4-8-20-25)21-14-7-10-24(12-14)17-11-18(26)23-19(27)22-17/h2-6,8-9,11,13-14,21H,7,10,12H2,1H3,(H2,22,23,26,27)/t13?,14-/m0/s1. The maximum Gasteiger partial charge on any atom is 0.327 e. The topological polar surface area (TPSA) is 98.8 Å². The average molecular weight is 366 g/mol. The van der Waals surface area contributed by atoms with Crippen LogP contribution in [0.1, 0.15) is 24.9 Å². The van der Waals surface area contributed by atoms with Crippen LogP contribution in [0.25, 0.3) is 5.69 Å². The van der Waals surface area contributed by atoms with Gasteiger partial charge in [-0.2, -0.15) is 5.10 Å². The van der Waals surface area contributed by atoms with Crippen molar-refractivity contribution in [3.8, 4) is 5.69 Å². The quantitative estimate of drug-likeness (QED) is 0.630. The number of hydrogen-bond acceptors (Lipinski definition) is 5. The summed E-state index contributed by atoms with van der Waals surface area (Å²) in [7, 11) is 0. The zero-order valence-corrected chi connectivity index (χ0v) is 15.1. The highest BCUT2D eigenvalue weighted by Crippen LogP contribution is 2.23. The van der Waals surface area contributed by atoms with Gasteiger partial charge in [0.1, 0.15) is 5.82 Å². The van der Waals surface area contributed by atoms with Crippen molar-refractivity contribution < 1.29 is 0 Å². The van der Waals surface area contributed by atoms with Gasteiger partial charge in [-0.15, -0.1) is 0 Å². The van der Waals surface area contributed by atoms with Crippen LogP contribution in [-0.2, 0) is 0 Å². The molecular weight excluding hydrogens is 344 g/mol. The summed E-state index contributed by atoms with van der Waals surface area (Å²) in [4.78, 5) is 30.0. The van der Waals surface area contributed by atoms with Crippen molar-refractivity contribution in [3.63, 3.8) is 0 Å². The molecular formula is C19H22N6O2. The van der Waals surface area contributed by atoms with Crippen LogP contribution in [0.3, 0.4) is 0 Å². The molecule has 1 aliphatic rings. The Morgan fingerprint density at radius 2 is 2.07 bits per heavy atom. The number of nitrogens with one attached hydrogen (secondary N) is 3. The third-order valence-electron chi connectivity index (χ3n) is 4.92. The van der Waals surface area contributed by atoms with Gasteiger partial charge in [0.05, 0.1) is 5.69 Å². The van der Waals surface area contributed by atoms with Crippen molar-refractivity contribution in [2.45, 2.75) is 25.4 Å². The van der Waals surface area contributed by atoms with Crippen LogP contribution in [0.15, 0.2) is 58.4 Å². The van der Waals surface area contributed by atoms with Gasteiger partial charge in [0, 0.05) is 43.6 Å². The summed E-state index contributed by atoms with van der Waals surface area (Å²) in [5.41, 5.74) is 1.36. The third kappa shape index (κ3) is 3.70. The molecule has 2 atom stereocenters. The Labute approximate surface area is 155 Å². The van der Waals surface area contributed by atoms with E-state index >= 15 is 0 Å². The molecule has 0 aliphatic carbocycles. The van der Waals surface area contributed by atoms with Gasteiger partial charge < -0.3 is 10.2 Å². The molecule has 140 valence electrons. The molecule has 1 saturated heterocycles. The number of rotatable bonds is 5. The first kappa shape index (κ1) is 17.3. The second-order valence-electron chi connectivity index (χ2n) is 6.80. The molecule has 1 fully saturated rings. The molecule has 8 heteroatoms. The van der Waals surface area contributed by atoms with Crippen molar-refractivity contribution in [3.05, 3.63) is 75.2 Å². The normalized spacial score (nSPS) is 18.0. The van der Waals surface area contributed by atoms with Gasteiger partial charge in [0.25, 0.3) is 5.56 Å². The van der Waals surface area contributed by atoms with E-state index in [2.05, 4.69) is 39.4 Å². The number of aromatic nitrogens is 4. The predicted molar refractivity (Wildman–Crippen MR) is 103 cm³/mol. The number of H-pyrrole nitrogens is 2. The Kier molecular flexibility index (Phi) is 4.64. The number of benzene rings is 1. The van der Waals surface area contributed by atoms with E-state index in [1.165, 1.54) is 11.6 Å². The van der Waals surface area contributed by atoms with E-state index in [1.807, 2.05) is 34.0 Å². The van der Waals surface area contributed by atoms with E-state index in [0.29, 0.717) is 5.82 Å². The van der Waals surface area contributed by atoms with Gasteiger partial charge in [-0.3, -0.25) is 14.8 Å². The largest absolute Gasteiger partial charge is 0.356 e. The van der Waals surface area contributed by atoms with Crippen LogP contribution in [0.4, 0.5) is 5.82 Å². The second kappa shape index (κ2) is 7.24. The van der Waals surface area contributed by atoms with Crippen LogP contribution in [0.2, 0.25) is 0 Å². The number of anilines is 1. The molecule has 27 heavy (non-hydrogen) atoms. The lowest BCUT2D eigenvalue weighted by atomic mass is 10.0. The molecule has 0 bridgehead atoms. The smallest absolute Gasteiger partial charge is 0.327 e. The summed E-state index contributed by atoms with van der Waals surface area (Å²) in [6.45, 7) is 3.65. The van der Waals surface area contributed by atoms with E-state index in [0.717, 1.165) is 25.2 Å². The minimum absolute atomic E-state index is 0.133.